The van der Waals surface area contributed by atoms with Crippen molar-refractivity contribution < 1.29 is 9.59 Å². The fraction of sp³-hybridized carbons (Fsp3) is 0.316. The molecule has 0 unspecified atom stereocenters. The lowest BCUT2D eigenvalue weighted by Crippen LogP contribution is -2.38. The first kappa shape index (κ1) is 17.9. The number of aromatic nitrogens is 1. The van der Waals surface area contributed by atoms with E-state index in [1.165, 1.54) is 11.3 Å². The van der Waals surface area contributed by atoms with Crippen molar-refractivity contribution in [3.05, 3.63) is 51.7 Å². The van der Waals surface area contributed by atoms with Gasteiger partial charge in [-0.1, -0.05) is 18.2 Å². The lowest BCUT2D eigenvalue weighted by atomic mass is 10.1. The molecule has 0 radical (unpaired) electrons. The Hall–Kier alpha value is -2.45. The molecule has 0 spiro atoms. The molecule has 3 amide bonds. The van der Waals surface area contributed by atoms with E-state index in [2.05, 4.69) is 11.4 Å². The number of para-hydroxylation sites is 1. The van der Waals surface area contributed by atoms with E-state index in [9.17, 15) is 9.59 Å². The minimum absolute atomic E-state index is 0.00691. The van der Waals surface area contributed by atoms with E-state index in [1.54, 1.807) is 11.3 Å². The number of thiazole rings is 1. The zero-order valence-corrected chi connectivity index (χ0v) is 16.3. The molecule has 2 atom stereocenters. The lowest BCUT2D eigenvalue weighted by molar-refractivity contribution is -0.132. The molecule has 3 N–H and O–H groups in total. The minimum Gasteiger partial charge on any atom is -0.352 e. The van der Waals surface area contributed by atoms with E-state index < -0.39 is 12.1 Å². The van der Waals surface area contributed by atoms with Crippen LogP contribution in [0.3, 0.4) is 0 Å². The Morgan fingerprint density at radius 3 is 2.89 bits per heavy atom. The average molecular weight is 401 g/mol. The van der Waals surface area contributed by atoms with Crippen LogP contribution in [0, 0.1) is 0 Å². The third-order valence-electron chi connectivity index (χ3n) is 4.75. The number of fused-ring (bicyclic) bond motifs is 1. The van der Waals surface area contributed by atoms with Crippen molar-refractivity contribution in [2.24, 2.45) is 5.73 Å². The van der Waals surface area contributed by atoms with Gasteiger partial charge in [-0.3, -0.25) is 4.79 Å². The van der Waals surface area contributed by atoms with Gasteiger partial charge in [0.05, 0.1) is 28.7 Å². The summed E-state index contributed by atoms with van der Waals surface area (Å²) in [5.74, 6) is 0.0175. The van der Waals surface area contributed by atoms with Gasteiger partial charge < -0.3 is 16.0 Å². The molecule has 0 saturated carbocycles. The van der Waals surface area contributed by atoms with Gasteiger partial charge in [-0.05, 0) is 36.4 Å². The molecule has 1 aromatic carbocycles. The number of benzene rings is 1. The number of nitrogens with zero attached hydrogens (tertiary/aromatic N) is 2. The summed E-state index contributed by atoms with van der Waals surface area (Å²) in [6.45, 7) is 0.715. The molecule has 2 aromatic heterocycles. The number of likely N-dealkylation sites (tertiary alicyclic amines) is 1. The molecule has 3 heterocycles. The van der Waals surface area contributed by atoms with Crippen molar-refractivity contribution in [2.45, 2.75) is 31.3 Å². The van der Waals surface area contributed by atoms with Gasteiger partial charge in [0.15, 0.2) is 0 Å². The Kier molecular flexibility index (Phi) is 5.09. The van der Waals surface area contributed by atoms with Crippen LogP contribution in [0.5, 0.6) is 0 Å². The molecular weight excluding hydrogens is 380 g/mol. The number of nitrogens with two attached hydrogens (primary N) is 1. The van der Waals surface area contributed by atoms with Crippen molar-refractivity contribution in [3.63, 3.8) is 0 Å². The molecule has 140 valence electrons. The number of thiophene rings is 1. The summed E-state index contributed by atoms with van der Waals surface area (Å²) in [4.78, 5) is 32.0. The van der Waals surface area contributed by atoms with Crippen molar-refractivity contribution in [1.82, 2.24) is 15.2 Å². The number of hydrogen-bond acceptors (Lipinski definition) is 5. The first-order chi connectivity index (χ1) is 13.1. The zero-order chi connectivity index (χ0) is 18.8. The molecular formula is C19H20N4O2S2. The number of hydrogen-bond donors (Lipinski definition) is 2. The zero-order valence-electron chi connectivity index (χ0n) is 14.6. The molecule has 6 nitrogen and oxygen atoms in total. The molecule has 1 aliphatic heterocycles. The smallest absolute Gasteiger partial charge is 0.312 e. The molecule has 27 heavy (non-hydrogen) atoms. The van der Waals surface area contributed by atoms with Crippen LogP contribution in [0.4, 0.5) is 4.79 Å². The fourth-order valence-corrected chi connectivity index (χ4v) is 5.42. The Labute approximate surface area is 165 Å². The van der Waals surface area contributed by atoms with Crippen molar-refractivity contribution in [2.75, 3.05) is 6.54 Å². The Morgan fingerprint density at radius 2 is 2.15 bits per heavy atom. The predicted octanol–water partition coefficient (Wildman–Crippen LogP) is 3.82. The topological polar surface area (TPSA) is 88.3 Å². The van der Waals surface area contributed by atoms with Gasteiger partial charge in [0, 0.05) is 11.4 Å². The van der Waals surface area contributed by atoms with Crippen LogP contribution in [0.25, 0.3) is 10.2 Å². The number of primary amides is 1. The quantitative estimate of drug-likeness (QED) is 0.682. The minimum atomic E-state index is -0.620. The average Bonchev–Trinajstić information content (AvgIpc) is 3.39. The monoisotopic (exact) mass is 400 g/mol. The van der Waals surface area contributed by atoms with Gasteiger partial charge in [0.2, 0.25) is 5.91 Å². The number of carbonyl (C=O) groups excluding carboxylic acids is 2. The van der Waals surface area contributed by atoms with Crippen molar-refractivity contribution in [1.29, 1.82) is 0 Å². The summed E-state index contributed by atoms with van der Waals surface area (Å²) in [6, 6.07) is 10.8. The highest BCUT2D eigenvalue weighted by molar-refractivity contribution is 7.18. The Balaban J connectivity index is 1.53. The van der Waals surface area contributed by atoms with Crippen LogP contribution in [0.2, 0.25) is 0 Å². The highest BCUT2D eigenvalue weighted by Crippen LogP contribution is 2.37. The number of amides is 3. The van der Waals surface area contributed by atoms with E-state index in [-0.39, 0.29) is 18.4 Å². The van der Waals surface area contributed by atoms with Crippen LogP contribution in [0.15, 0.2) is 41.8 Å². The van der Waals surface area contributed by atoms with Crippen molar-refractivity contribution >= 4 is 44.8 Å². The second-order valence-corrected chi connectivity index (χ2v) is 8.59. The summed E-state index contributed by atoms with van der Waals surface area (Å²) >= 11 is 3.16. The van der Waals surface area contributed by atoms with Crippen LogP contribution in [-0.2, 0) is 4.79 Å². The van der Waals surface area contributed by atoms with E-state index in [4.69, 9.17) is 10.7 Å². The third-order valence-corrected chi connectivity index (χ3v) is 6.87. The maximum absolute atomic E-state index is 13.0. The maximum atomic E-state index is 13.0. The van der Waals surface area contributed by atoms with Crippen molar-refractivity contribution in [3.8, 4) is 0 Å². The van der Waals surface area contributed by atoms with E-state index in [0.29, 0.717) is 6.54 Å². The van der Waals surface area contributed by atoms with Gasteiger partial charge in [-0.2, -0.15) is 0 Å². The van der Waals surface area contributed by atoms with Crippen LogP contribution < -0.4 is 11.1 Å². The standard InChI is InChI=1S/C19H20N4O2S2/c20-19(25)22-13(15-8-4-10-26-15)11-17(24)23-9-3-6-14(23)18-21-12-5-1-2-7-16(12)27-18/h1-2,4-5,7-8,10,13-14H,3,6,9,11H2,(H3,20,22,25)/t13-,14+/m0/s1. The predicted molar refractivity (Wildman–Crippen MR) is 108 cm³/mol. The SMILES string of the molecule is NC(=O)N[C@@H](CC(=O)N1CCC[C@@H]1c1nc2ccccc2s1)c1cccs1. The summed E-state index contributed by atoms with van der Waals surface area (Å²) in [6.07, 6.45) is 2.07. The summed E-state index contributed by atoms with van der Waals surface area (Å²) in [5, 5.41) is 5.61. The molecule has 0 aliphatic carbocycles. The van der Waals surface area contributed by atoms with Gasteiger partial charge in [-0.15, -0.1) is 22.7 Å². The molecule has 1 fully saturated rings. The molecule has 8 heteroatoms. The normalized spacial score (nSPS) is 17.9. The van der Waals surface area contributed by atoms with Crippen LogP contribution in [-0.4, -0.2) is 28.4 Å². The highest BCUT2D eigenvalue weighted by atomic mass is 32.1. The van der Waals surface area contributed by atoms with E-state index in [1.807, 2.05) is 40.6 Å². The van der Waals surface area contributed by atoms with Gasteiger partial charge in [0.1, 0.15) is 5.01 Å². The first-order valence-corrected chi connectivity index (χ1v) is 10.6. The number of carbonyl (C=O) groups is 2. The largest absolute Gasteiger partial charge is 0.352 e. The first-order valence-electron chi connectivity index (χ1n) is 8.86. The molecule has 1 aliphatic rings. The molecule has 4 rings (SSSR count). The van der Waals surface area contributed by atoms with Gasteiger partial charge >= 0.3 is 6.03 Å². The molecule has 0 bridgehead atoms. The second-order valence-electron chi connectivity index (χ2n) is 6.55. The lowest BCUT2D eigenvalue weighted by Gasteiger charge is -2.25. The number of urea groups is 1. The highest BCUT2D eigenvalue weighted by Gasteiger charge is 2.33. The summed E-state index contributed by atoms with van der Waals surface area (Å²) in [7, 11) is 0. The number of nitrogens with one attached hydrogen (secondary N) is 1. The van der Waals surface area contributed by atoms with E-state index >= 15 is 0 Å². The van der Waals surface area contributed by atoms with E-state index in [0.717, 1.165) is 32.9 Å². The fourth-order valence-electron chi connectivity index (χ4n) is 3.53. The van der Waals surface area contributed by atoms with Crippen LogP contribution >= 0.6 is 22.7 Å². The third kappa shape index (κ3) is 3.81. The maximum Gasteiger partial charge on any atom is 0.312 e. The van der Waals surface area contributed by atoms with Crippen LogP contribution in [0.1, 0.15) is 41.2 Å². The Morgan fingerprint density at radius 1 is 1.30 bits per heavy atom. The Bertz CT molecular complexity index is 921. The number of rotatable bonds is 5. The van der Waals surface area contributed by atoms with Gasteiger partial charge in [-0.25, -0.2) is 9.78 Å². The molecule has 3 aromatic rings. The van der Waals surface area contributed by atoms with Gasteiger partial charge in [0.25, 0.3) is 0 Å². The molecule has 1 saturated heterocycles. The second kappa shape index (κ2) is 7.66. The summed E-state index contributed by atoms with van der Waals surface area (Å²) in [5.41, 5.74) is 6.29. The summed E-state index contributed by atoms with van der Waals surface area (Å²) < 4.78 is 1.14.